The Balaban J connectivity index is 1.92. The van der Waals surface area contributed by atoms with Crippen LogP contribution in [0.5, 0.6) is 0 Å². The largest absolute Gasteiger partial charge is 0.379 e. The van der Waals surface area contributed by atoms with Crippen LogP contribution in [0.2, 0.25) is 0 Å². The number of benzene rings is 1. The molecule has 3 rings (SSSR count). The van der Waals surface area contributed by atoms with E-state index in [9.17, 15) is 13.2 Å². The molecule has 1 aliphatic heterocycles. The predicted molar refractivity (Wildman–Crippen MR) is 113 cm³/mol. The van der Waals surface area contributed by atoms with Gasteiger partial charge in [0.1, 0.15) is 10.6 Å². The molecule has 1 N–H and O–H groups in total. The highest BCUT2D eigenvalue weighted by Gasteiger charge is 2.34. The van der Waals surface area contributed by atoms with Crippen molar-refractivity contribution in [2.24, 2.45) is 7.05 Å². The Bertz CT molecular complexity index is 1000. The van der Waals surface area contributed by atoms with Crippen molar-refractivity contribution >= 4 is 21.6 Å². The van der Waals surface area contributed by atoms with Gasteiger partial charge in [0.15, 0.2) is 0 Å². The van der Waals surface area contributed by atoms with E-state index in [1.165, 1.54) is 9.87 Å². The molecule has 0 aliphatic carbocycles. The quantitative estimate of drug-likeness (QED) is 0.808. The standard InChI is InChI=1S/C21H29N3O4S/c1-14(2)17-6-8-18(9-7-17)22-21(25)19-15(3)20(16(4)23(19)5)29(26,27)24-10-12-28-13-11-24/h6-9,14H,10-13H2,1-5H3,(H,22,25). The van der Waals surface area contributed by atoms with E-state index in [0.29, 0.717) is 54.9 Å². The summed E-state index contributed by atoms with van der Waals surface area (Å²) in [6.45, 7) is 9.04. The summed E-state index contributed by atoms with van der Waals surface area (Å²) in [6.07, 6.45) is 0. The number of hydrogen-bond donors (Lipinski definition) is 1. The minimum Gasteiger partial charge on any atom is -0.379 e. The highest BCUT2D eigenvalue weighted by atomic mass is 32.2. The Hall–Kier alpha value is -2.16. The molecule has 0 saturated carbocycles. The molecule has 1 fully saturated rings. The zero-order chi connectivity index (χ0) is 21.3. The van der Waals surface area contributed by atoms with Crippen molar-refractivity contribution in [3.63, 3.8) is 0 Å². The van der Waals surface area contributed by atoms with E-state index in [1.54, 1.807) is 25.5 Å². The molecule has 1 amide bonds. The van der Waals surface area contributed by atoms with E-state index >= 15 is 0 Å². The monoisotopic (exact) mass is 419 g/mol. The fraction of sp³-hybridized carbons (Fsp3) is 0.476. The fourth-order valence-corrected chi connectivity index (χ4v) is 5.59. The van der Waals surface area contributed by atoms with Crippen LogP contribution >= 0.6 is 0 Å². The second kappa shape index (κ2) is 8.30. The minimum atomic E-state index is -3.69. The summed E-state index contributed by atoms with van der Waals surface area (Å²) in [7, 11) is -1.97. The van der Waals surface area contributed by atoms with Crippen LogP contribution < -0.4 is 5.32 Å². The summed E-state index contributed by atoms with van der Waals surface area (Å²) in [5.74, 6) is 0.0827. The fourth-order valence-electron chi connectivity index (χ4n) is 3.71. The van der Waals surface area contributed by atoms with Crippen LogP contribution in [-0.4, -0.2) is 49.5 Å². The van der Waals surface area contributed by atoms with Crippen molar-refractivity contribution < 1.29 is 17.9 Å². The third-order valence-corrected chi connectivity index (χ3v) is 7.64. The van der Waals surface area contributed by atoms with Gasteiger partial charge >= 0.3 is 0 Å². The number of sulfonamides is 1. The lowest BCUT2D eigenvalue weighted by Crippen LogP contribution is -2.41. The molecular weight excluding hydrogens is 390 g/mol. The Morgan fingerprint density at radius 1 is 1.10 bits per heavy atom. The summed E-state index contributed by atoms with van der Waals surface area (Å²) in [5, 5.41) is 2.89. The van der Waals surface area contributed by atoms with Crippen molar-refractivity contribution in [1.82, 2.24) is 8.87 Å². The second-order valence-electron chi connectivity index (χ2n) is 7.69. The Morgan fingerprint density at radius 2 is 1.69 bits per heavy atom. The van der Waals surface area contributed by atoms with Crippen molar-refractivity contribution in [3.05, 3.63) is 46.8 Å². The molecule has 2 aromatic rings. The SMILES string of the molecule is Cc1c(S(=O)(=O)N2CCOCC2)c(C)n(C)c1C(=O)Nc1ccc(C(C)C)cc1. The molecule has 7 nitrogen and oxygen atoms in total. The number of ether oxygens (including phenoxy) is 1. The van der Waals surface area contributed by atoms with Crippen LogP contribution in [0.4, 0.5) is 5.69 Å². The molecule has 8 heteroatoms. The summed E-state index contributed by atoms with van der Waals surface area (Å²) >= 11 is 0. The summed E-state index contributed by atoms with van der Waals surface area (Å²) in [5.41, 5.74) is 3.23. The highest BCUT2D eigenvalue weighted by Crippen LogP contribution is 2.29. The van der Waals surface area contributed by atoms with E-state index < -0.39 is 10.0 Å². The molecule has 0 radical (unpaired) electrons. The smallest absolute Gasteiger partial charge is 0.272 e. The van der Waals surface area contributed by atoms with Crippen molar-refractivity contribution in [2.45, 2.75) is 38.5 Å². The number of carbonyl (C=O) groups is 1. The zero-order valence-corrected chi connectivity index (χ0v) is 18.5. The number of anilines is 1. The van der Waals surface area contributed by atoms with Crippen LogP contribution in [-0.2, 0) is 21.8 Å². The molecule has 1 aliphatic rings. The molecule has 1 saturated heterocycles. The average molecular weight is 420 g/mol. The van der Waals surface area contributed by atoms with Crippen LogP contribution in [0.3, 0.4) is 0 Å². The van der Waals surface area contributed by atoms with Gasteiger partial charge in [-0.2, -0.15) is 4.31 Å². The van der Waals surface area contributed by atoms with Gasteiger partial charge in [-0.25, -0.2) is 8.42 Å². The Labute approximate surface area is 172 Å². The molecule has 158 valence electrons. The van der Waals surface area contributed by atoms with Gasteiger partial charge in [0, 0.05) is 37.1 Å². The lowest BCUT2D eigenvalue weighted by Gasteiger charge is -2.26. The normalized spacial score (nSPS) is 15.7. The van der Waals surface area contributed by atoms with E-state index in [-0.39, 0.29) is 10.8 Å². The number of hydrogen-bond acceptors (Lipinski definition) is 4. The van der Waals surface area contributed by atoms with Gasteiger partial charge in [-0.1, -0.05) is 26.0 Å². The number of nitrogens with one attached hydrogen (secondary N) is 1. The van der Waals surface area contributed by atoms with E-state index in [1.807, 2.05) is 24.3 Å². The first kappa shape index (κ1) is 21.5. The van der Waals surface area contributed by atoms with Gasteiger partial charge in [0.05, 0.1) is 13.2 Å². The number of morpholine rings is 1. The van der Waals surface area contributed by atoms with Crippen molar-refractivity contribution in [1.29, 1.82) is 0 Å². The van der Waals surface area contributed by atoms with Gasteiger partial charge in [0.25, 0.3) is 5.91 Å². The molecule has 1 aromatic carbocycles. The van der Waals surface area contributed by atoms with Gasteiger partial charge in [-0.05, 0) is 37.5 Å². The Morgan fingerprint density at radius 3 is 2.24 bits per heavy atom. The van der Waals surface area contributed by atoms with Gasteiger partial charge in [-0.3, -0.25) is 4.79 Å². The maximum atomic E-state index is 13.2. The number of nitrogens with zero attached hydrogens (tertiary/aromatic N) is 2. The number of carbonyl (C=O) groups excluding carboxylic acids is 1. The van der Waals surface area contributed by atoms with Crippen LogP contribution in [0.1, 0.15) is 47.1 Å². The summed E-state index contributed by atoms with van der Waals surface area (Å²) in [4.78, 5) is 13.2. The average Bonchev–Trinajstić information content (AvgIpc) is 2.92. The minimum absolute atomic E-state index is 0.210. The van der Waals surface area contributed by atoms with Crippen molar-refractivity contribution in [3.8, 4) is 0 Å². The van der Waals surface area contributed by atoms with E-state index in [2.05, 4.69) is 19.2 Å². The Kier molecular flexibility index (Phi) is 6.16. The van der Waals surface area contributed by atoms with Crippen LogP contribution in [0.25, 0.3) is 0 Å². The molecule has 0 bridgehead atoms. The molecule has 29 heavy (non-hydrogen) atoms. The first-order valence-corrected chi connectivity index (χ1v) is 11.2. The number of rotatable bonds is 5. The summed E-state index contributed by atoms with van der Waals surface area (Å²) in [6, 6.07) is 7.70. The first-order chi connectivity index (χ1) is 13.6. The van der Waals surface area contributed by atoms with Crippen LogP contribution in [0.15, 0.2) is 29.2 Å². The van der Waals surface area contributed by atoms with Gasteiger partial charge in [0.2, 0.25) is 10.0 Å². The maximum Gasteiger partial charge on any atom is 0.272 e. The first-order valence-electron chi connectivity index (χ1n) is 9.79. The number of aromatic nitrogens is 1. The predicted octanol–water partition coefficient (Wildman–Crippen LogP) is 3.04. The van der Waals surface area contributed by atoms with E-state index in [4.69, 9.17) is 4.74 Å². The molecular formula is C21H29N3O4S. The third-order valence-electron chi connectivity index (χ3n) is 5.48. The molecule has 0 spiro atoms. The maximum absolute atomic E-state index is 13.2. The zero-order valence-electron chi connectivity index (χ0n) is 17.7. The van der Waals surface area contributed by atoms with Crippen LogP contribution in [0, 0.1) is 13.8 Å². The highest BCUT2D eigenvalue weighted by molar-refractivity contribution is 7.89. The molecule has 0 atom stereocenters. The molecule has 0 unspecified atom stereocenters. The lowest BCUT2D eigenvalue weighted by atomic mass is 10.0. The van der Waals surface area contributed by atoms with E-state index in [0.717, 1.165) is 0 Å². The molecule has 1 aromatic heterocycles. The third kappa shape index (κ3) is 4.10. The van der Waals surface area contributed by atoms with Gasteiger partial charge < -0.3 is 14.6 Å². The second-order valence-corrected chi connectivity index (χ2v) is 9.57. The molecule has 2 heterocycles. The number of amides is 1. The lowest BCUT2D eigenvalue weighted by molar-refractivity contribution is 0.0730. The topological polar surface area (TPSA) is 80.6 Å². The summed E-state index contributed by atoms with van der Waals surface area (Å²) < 4.78 is 34.8. The van der Waals surface area contributed by atoms with Crippen molar-refractivity contribution in [2.75, 3.05) is 31.6 Å². The van der Waals surface area contributed by atoms with Gasteiger partial charge in [-0.15, -0.1) is 0 Å².